The number of nitrogens with one attached hydrogen (secondary N) is 2. The summed E-state index contributed by atoms with van der Waals surface area (Å²) in [4.78, 5) is 23.5. The molecule has 0 saturated carbocycles. The van der Waals surface area contributed by atoms with E-state index in [0.717, 1.165) is 11.5 Å². The van der Waals surface area contributed by atoms with Crippen LogP contribution in [0.1, 0.15) is 29.2 Å². The van der Waals surface area contributed by atoms with Gasteiger partial charge >= 0.3 is 0 Å². The third-order valence-electron chi connectivity index (χ3n) is 2.63. The second-order valence-electron chi connectivity index (χ2n) is 4.23. The Kier molecular flexibility index (Phi) is 4.59. The first-order valence-corrected chi connectivity index (χ1v) is 6.98. The smallest absolute Gasteiger partial charge is 0.269 e. The first-order valence-electron chi connectivity index (χ1n) is 6.21. The minimum absolute atomic E-state index is 0.0124. The predicted octanol–water partition coefficient (Wildman–Crippen LogP) is 2.45. The van der Waals surface area contributed by atoms with E-state index in [1.54, 1.807) is 0 Å². The van der Waals surface area contributed by atoms with Gasteiger partial charge in [-0.15, -0.1) is 5.10 Å². The topological polar surface area (TPSA) is 84.0 Å². The van der Waals surface area contributed by atoms with Gasteiger partial charge in [-0.1, -0.05) is 11.4 Å². The van der Waals surface area contributed by atoms with E-state index >= 15 is 0 Å². The van der Waals surface area contributed by atoms with Crippen molar-refractivity contribution in [3.05, 3.63) is 34.6 Å². The maximum Gasteiger partial charge on any atom is 0.269 e. The lowest BCUT2D eigenvalue weighted by Gasteiger charge is -2.08. The van der Waals surface area contributed by atoms with E-state index in [-0.39, 0.29) is 11.6 Å². The van der Waals surface area contributed by atoms with Crippen molar-refractivity contribution in [3.63, 3.8) is 0 Å². The molecule has 0 bridgehead atoms. The Labute approximate surface area is 124 Å². The molecule has 21 heavy (non-hydrogen) atoms. The quantitative estimate of drug-likeness (QED) is 0.908. The molecule has 1 aromatic carbocycles. The fourth-order valence-corrected chi connectivity index (χ4v) is 2.33. The van der Waals surface area contributed by atoms with E-state index in [0.29, 0.717) is 22.7 Å². The SMILES string of the molecule is CCc1nnsc1C(=O)Nc1ccc(F)c(NC(C)=O)c1. The number of rotatable bonds is 4. The normalized spacial score (nSPS) is 10.2. The van der Waals surface area contributed by atoms with E-state index < -0.39 is 11.7 Å². The Bertz CT molecular complexity index is 687. The van der Waals surface area contributed by atoms with Crippen LogP contribution in [0.2, 0.25) is 0 Å². The van der Waals surface area contributed by atoms with Crippen molar-refractivity contribution in [2.75, 3.05) is 10.6 Å². The van der Waals surface area contributed by atoms with Crippen molar-refractivity contribution >= 4 is 34.7 Å². The lowest BCUT2D eigenvalue weighted by atomic mass is 10.2. The first-order chi connectivity index (χ1) is 10.0. The molecule has 6 nitrogen and oxygen atoms in total. The van der Waals surface area contributed by atoms with Gasteiger partial charge in [-0.2, -0.15) is 0 Å². The third kappa shape index (κ3) is 3.60. The molecule has 110 valence electrons. The Balaban J connectivity index is 2.20. The minimum atomic E-state index is -0.572. The number of hydrogen-bond acceptors (Lipinski definition) is 5. The fraction of sp³-hybridized carbons (Fsp3) is 0.231. The standard InChI is InChI=1S/C13H13FN4O2S/c1-3-10-12(21-18-17-10)13(20)16-8-4-5-9(14)11(6-8)15-7(2)19/h4-6H,3H2,1-2H3,(H,15,19)(H,16,20). The summed E-state index contributed by atoms with van der Waals surface area (Å²) in [6.07, 6.45) is 0.597. The Hall–Kier alpha value is -2.35. The molecule has 0 fully saturated rings. The number of carbonyl (C=O) groups excluding carboxylic acids is 2. The molecule has 0 atom stereocenters. The van der Waals surface area contributed by atoms with E-state index in [2.05, 4.69) is 20.2 Å². The van der Waals surface area contributed by atoms with Gasteiger partial charge in [-0.05, 0) is 36.2 Å². The van der Waals surface area contributed by atoms with Crippen molar-refractivity contribution in [3.8, 4) is 0 Å². The number of halogens is 1. The molecule has 2 aromatic rings. The lowest BCUT2D eigenvalue weighted by molar-refractivity contribution is -0.114. The Morgan fingerprint density at radius 3 is 2.76 bits per heavy atom. The van der Waals surface area contributed by atoms with Crippen molar-refractivity contribution < 1.29 is 14.0 Å². The molecule has 8 heteroatoms. The molecule has 1 aromatic heterocycles. The van der Waals surface area contributed by atoms with Gasteiger partial charge in [-0.3, -0.25) is 9.59 Å². The Morgan fingerprint density at radius 1 is 1.33 bits per heavy atom. The largest absolute Gasteiger partial charge is 0.324 e. The highest BCUT2D eigenvalue weighted by molar-refractivity contribution is 7.08. The zero-order chi connectivity index (χ0) is 15.4. The summed E-state index contributed by atoms with van der Waals surface area (Å²) >= 11 is 1.00. The van der Waals surface area contributed by atoms with Crippen LogP contribution >= 0.6 is 11.5 Å². The monoisotopic (exact) mass is 308 g/mol. The summed E-state index contributed by atoms with van der Waals surface area (Å²) in [6, 6.07) is 3.94. The first kappa shape index (κ1) is 15.0. The molecular weight excluding hydrogens is 295 g/mol. The zero-order valence-electron chi connectivity index (χ0n) is 11.4. The lowest BCUT2D eigenvalue weighted by Crippen LogP contribution is -2.13. The molecule has 0 spiro atoms. The highest BCUT2D eigenvalue weighted by Gasteiger charge is 2.15. The maximum atomic E-state index is 13.5. The van der Waals surface area contributed by atoms with Gasteiger partial charge in [0, 0.05) is 12.6 Å². The summed E-state index contributed by atoms with van der Waals surface area (Å²) in [6.45, 7) is 3.15. The highest BCUT2D eigenvalue weighted by Crippen LogP contribution is 2.21. The molecule has 2 N–H and O–H groups in total. The van der Waals surface area contributed by atoms with E-state index in [1.807, 2.05) is 6.92 Å². The van der Waals surface area contributed by atoms with Crippen molar-refractivity contribution in [1.29, 1.82) is 0 Å². The Morgan fingerprint density at radius 2 is 2.10 bits per heavy atom. The van der Waals surface area contributed by atoms with E-state index in [9.17, 15) is 14.0 Å². The highest BCUT2D eigenvalue weighted by atomic mass is 32.1. The fourth-order valence-electron chi connectivity index (χ4n) is 1.69. The van der Waals surface area contributed by atoms with Crippen LogP contribution in [0.15, 0.2) is 18.2 Å². The summed E-state index contributed by atoms with van der Waals surface area (Å²) in [5.74, 6) is -1.32. The number of carbonyl (C=O) groups is 2. The van der Waals surface area contributed by atoms with Crippen LogP contribution in [0.4, 0.5) is 15.8 Å². The van der Waals surface area contributed by atoms with Crippen molar-refractivity contribution in [2.24, 2.45) is 0 Å². The molecule has 0 radical (unpaired) electrons. The van der Waals surface area contributed by atoms with Crippen LogP contribution in [0.25, 0.3) is 0 Å². The van der Waals surface area contributed by atoms with Crippen molar-refractivity contribution in [1.82, 2.24) is 9.59 Å². The zero-order valence-corrected chi connectivity index (χ0v) is 12.3. The summed E-state index contributed by atoms with van der Waals surface area (Å²) in [7, 11) is 0. The molecule has 0 aliphatic rings. The van der Waals surface area contributed by atoms with Gasteiger partial charge in [0.05, 0.1) is 11.4 Å². The van der Waals surface area contributed by atoms with Gasteiger partial charge < -0.3 is 10.6 Å². The van der Waals surface area contributed by atoms with Crippen LogP contribution < -0.4 is 10.6 Å². The van der Waals surface area contributed by atoms with Crippen molar-refractivity contribution in [2.45, 2.75) is 20.3 Å². The maximum absolute atomic E-state index is 13.5. The molecule has 2 amide bonds. The van der Waals surface area contributed by atoms with Gasteiger partial charge in [0.2, 0.25) is 5.91 Å². The molecular formula is C13H13FN4O2S. The summed E-state index contributed by atoms with van der Waals surface area (Å²) < 4.78 is 17.3. The number of nitrogens with zero attached hydrogens (tertiary/aromatic N) is 2. The molecule has 0 unspecified atom stereocenters. The van der Waals surface area contributed by atoms with E-state index in [4.69, 9.17) is 0 Å². The average Bonchev–Trinajstić information content (AvgIpc) is 2.90. The van der Waals surface area contributed by atoms with Gasteiger partial charge in [0.15, 0.2) is 0 Å². The number of benzene rings is 1. The second-order valence-corrected chi connectivity index (χ2v) is 4.99. The number of hydrogen-bond donors (Lipinski definition) is 2. The number of anilines is 2. The summed E-state index contributed by atoms with van der Waals surface area (Å²) in [5.41, 5.74) is 1.00. The van der Waals surface area contributed by atoms with Crippen LogP contribution in [0.3, 0.4) is 0 Å². The van der Waals surface area contributed by atoms with Gasteiger partial charge in [-0.25, -0.2) is 4.39 Å². The molecule has 1 heterocycles. The summed E-state index contributed by atoms with van der Waals surface area (Å²) in [5, 5.41) is 8.85. The van der Waals surface area contributed by atoms with Crippen LogP contribution in [-0.2, 0) is 11.2 Å². The number of aryl methyl sites for hydroxylation is 1. The molecule has 2 rings (SSSR count). The molecule has 0 saturated heterocycles. The van der Waals surface area contributed by atoms with Crippen LogP contribution in [-0.4, -0.2) is 21.4 Å². The van der Waals surface area contributed by atoms with Crippen LogP contribution in [0, 0.1) is 5.82 Å². The average molecular weight is 308 g/mol. The number of amides is 2. The molecule has 0 aliphatic heterocycles. The van der Waals surface area contributed by atoms with E-state index in [1.165, 1.54) is 25.1 Å². The second kappa shape index (κ2) is 6.40. The third-order valence-corrected chi connectivity index (χ3v) is 3.40. The number of aromatic nitrogens is 2. The predicted molar refractivity (Wildman–Crippen MR) is 77.9 cm³/mol. The molecule has 0 aliphatic carbocycles. The van der Waals surface area contributed by atoms with Crippen LogP contribution in [0.5, 0.6) is 0 Å². The minimum Gasteiger partial charge on any atom is -0.324 e. The van der Waals surface area contributed by atoms with Gasteiger partial charge in [0.25, 0.3) is 5.91 Å². The van der Waals surface area contributed by atoms with Gasteiger partial charge in [0.1, 0.15) is 10.7 Å².